The Kier molecular flexibility index (Phi) is 9.30. The van der Waals surface area contributed by atoms with Crippen LogP contribution >= 0.6 is 0 Å². The normalized spacial score (nSPS) is 13.5. The van der Waals surface area contributed by atoms with Gasteiger partial charge in [-0.3, -0.25) is 32.9 Å². The maximum Gasteiger partial charge on any atom is 0.266 e. The number of imide groups is 1. The smallest absolute Gasteiger partial charge is 0.266 e. The van der Waals surface area contributed by atoms with Crippen LogP contribution < -0.4 is 11.1 Å². The van der Waals surface area contributed by atoms with E-state index < -0.39 is 41.2 Å². The number of aliphatic hydroxyl groups excluding tert-OH is 1. The number of benzene rings is 3. The van der Waals surface area contributed by atoms with Gasteiger partial charge in [-0.2, -0.15) is 0 Å². The Labute approximate surface area is 307 Å². The number of aryl methyl sites for hydroxylation is 2. The van der Waals surface area contributed by atoms with E-state index in [9.17, 15) is 33.1 Å². The molecular formula is C42H33F2N5O5. The fourth-order valence-corrected chi connectivity index (χ4v) is 6.83. The Morgan fingerprint density at radius 2 is 1.00 bits per heavy atom. The second-order valence-corrected chi connectivity index (χ2v) is 13.0. The molecule has 0 fully saturated rings. The largest absolute Gasteiger partial charge is 0.387 e. The van der Waals surface area contributed by atoms with E-state index in [1.165, 1.54) is 52.1 Å². The van der Waals surface area contributed by atoms with E-state index in [-0.39, 0.29) is 28.1 Å². The van der Waals surface area contributed by atoms with Crippen LogP contribution in [-0.2, 0) is 0 Å². The van der Waals surface area contributed by atoms with E-state index in [0.29, 0.717) is 39.2 Å². The van der Waals surface area contributed by atoms with Crippen LogP contribution in [0.1, 0.15) is 69.5 Å². The second kappa shape index (κ2) is 14.1. The summed E-state index contributed by atoms with van der Waals surface area (Å²) in [5.41, 5.74) is 3.75. The summed E-state index contributed by atoms with van der Waals surface area (Å²) in [6.07, 6.45) is -0.934. The van der Waals surface area contributed by atoms with Gasteiger partial charge in [0.25, 0.3) is 22.9 Å². The molecule has 1 aliphatic rings. The zero-order valence-electron chi connectivity index (χ0n) is 29.6. The Morgan fingerprint density at radius 1 is 0.574 bits per heavy atom. The van der Waals surface area contributed by atoms with Crippen molar-refractivity contribution in [2.24, 2.45) is 0 Å². The van der Waals surface area contributed by atoms with E-state index in [0.717, 1.165) is 10.6 Å². The molecule has 10 nitrogen and oxygen atoms in total. The highest BCUT2D eigenvalue weighted by Gasteiger charge is 2.40. The molecular weight excluding hydrogens is 692 g/mol. The minimum absolute atomic E-state index is 0.153. The minimum atomic E-state index is -0.934. The molecule has 0 bridgehead atoms. The number of aliphatic hydroxyl groups is 1. The highest BCUT2D eigenvalue weighted by Crippen LogP contribution is 2.34. The number of carbonyl (C=O) groups excluding carboxylic acids is 2. The van der Waals surface area contributed by atoms with Crippen molar-refractivity contribution in [2.75, 3.05) is 0 Å². The number of hydrogen-bond donors (Lipinski definition) is 1. The van der Waals surface area contributed by atoms with Crippen LogP contribution in [0.4, 0.5) is 8.78 Å². The molecule has 1 aliphatic heterocycles. The van der Waals surface area contributed by atoms with Crippen LogP contribution in [0, 0.1) is 25.5 Å². The summed E-state index contributed by atoms with van der Waals surface area (Å²) in [5, 5.41) is 9.98. The summed E-state index contributed by atoms with van der Waals surface area (Å²) in [4.78, 5) is 62.8. The number of halogens is 2. The molecule has 0 aliphatic carbocycles. The van der Waals surface area contributed by atoms with Crippen LogP contribution in [0.15, 0.2) is 119 Å². The molecule has 270 valence electrons. The molecule has 2 atom stereocenters. The van der Waals surface area contributed by atoms with Gasteiger partial charge in [0.05, 0.1) is 45.8 Å². The lowest BCUT2D eigenvalue weighted by atomic mass is 10.0. The van der Waals surface area contributed by atoms with Crippen molar-refractivity contribution in [3.63, 3.8) is 0 Å². The Bertz CT molecular complexity index is 2740. The molecule has 12 heteroatoms. The number of amides is 2. The Balaban J connectivity index is 0.000000179. The molecule has 0 spiro atoms. The maximum absolute atomic E-state index is 14.1. The summed E-state index contributed by atoms with van der Waals surface area (Å²) >= 11 is 0. The molecule has 8 rings (SSSR count). The van der Waals surface area contributed by atoms with E-state index in [1.54, 1.807) is 93.6 Å². The van der Waals surface area contributed by atoms with Gasteiger partial charge >= 0.3 is 0 Å². The average Bonchev–Trinajstić information content (AvgIpc) is 3.40. The van der Waals surface area contributed by atoms with E-state index in [4.69, 9.17) is 0 Å². The summed E-state index contributed by atoms with van der Waals surface area (Å²) in [7, 11) is 0. The molecule has 2 amide bonds. The van der Waals surface area contributed by atoms with Crippen molar-refractivity contribution in [3.05, 3.63) is 175 Å². The Morgan fingerprint density at radius 3 is 1.44 bits per heavy atom. The van der Waals surface area contributed by atoms with Crippen LogP contribution in [0.5, 0.6) is 0 Å². The third-order valence-corrected chi connectivity index (χ3v) is 9.38. The first-order valence-electron chi connectivity index (χ1n) is 17.1. The number of pyridine rings is 2. The lowest BCUT2D eigenvalue weighted by molar-refractivity contribution is 0.0592. The number of fused-ring (bicyclic) bond motifs is 3. The number of hydrogen-bond acceptors (Lipinski definition) is 7. The standard InChI is InChI=1S/C25H18FN3O3.C17H15FN2O2/c1-14-7-5-12-20-27-22(21(25(32)28(14)20)16-8-6-9-17(26)13-16)15(2)29-23(30)18-10-3-4-11-19(18)24(29)31;1-10-5-3-8-14-19-16(11(2)21)15(17(22)20(10)14)12-6-4-7-13(18)9-12/h3-13,15H,1-2H3;3-9,11,21H,1-2H3. The van der Waals surface area contributed by atoms with Crippen molar-refractivity contribution >= 4 is 23.1 Å². The van der Waals surface area contributed by atoms with Gasteiger partial charge in [0.15, 0.2) is 0 Å². The monoisotopic (exact) mass is 725 g/mol. The molecule has 4 aromatic heterocycles. The number of nitrogens with zero attached hydrogens (tertiary/aromatic N) is 5. The van der Waals surface area contributed by atoms with Gasteiger partial charge in [0.2, 0.25) is 0 Å². The first kappa shape index (κ1) is 35.7. The molecule has 0 saturated heterocycles. The molecule has 7 aromatic rings. The van der Waals surface area contributed by atoms with Crippen LogP contribution in [0.3, 0.4) is 0 Å². The zero-order valence-corrected chi connectivity index (χ0v) is 29.6. The molecule has 2 unspecified atom stereocenters. The first-order chi connectivity index (χ1) is 25.9. The molecule has 3 aromatic carbocycles. The van der Waals surface area contributed by atoms with E-state index >= 15 is 0 Å². The van der Waals surface area contributed by atoms with Crippen molar-refractivity contribution in [1.82, 2.24) is 23.7 Å². The van der Waals surface area contributed by atoms with Crippen molar-refractivity contribution in [1.29, 1.82) is 0 Å². The fourth-order valence-electron chi connectivity index (χ4n) is 6.83. The SMILES string of the molecule is Cc1cccc2nc(C(C)N3C(=O)c4ccccc4C3=O)c(-c3cccc(F)c3)c(=O)n12.Cc1cccc2nc(C(C)O)c(-c3cccc(F)c3)c(=O)n12. The number of carbonyl (C=O) groups is 2. The van der Waals surface area contributed by atoms with Gasteiger partial charge in [-0.05, 0) is 99.5 Å². The fraction of sp³-hybridized carbons (Fsp3) is 0.143. The molecule has 1 N–H and O–H groups in total. The van der Waals surface area contributed by atoms with Gasteiger partial charge in [-0.15, -0.1) is 0 Å². The lowest BCUT2D eigenvalue weighted by Gasteiger charge is -2.24. The lowest BCUT2D eigenvalue weighted by Crippen LogP contribution is -2.35. The summed E-state index contributed by atoms with van der Waals surface area (Å²) < 4.78 is 30.5. The van der Waals surface area contributed by atoms with E-state index in [2.05, 4.69) is 9.97 Å². The highest BCUT2D eigenvalue weighted by molar-refractivity contribution is 6.21. The van der Waals surface area contributed by atoms with Crippen LogP contribution in [0.25, 0.3) is 33.5 Å². The van der Waals surface area contributed by atoms with Crippen molar-refractivity contribution in [2.45, 2.75) is 39.8 Å². The number of aromatic nitrogens is 4. The quantitative estimate of drug-likeness (QED) is 0.189. The van der Waals surface area contributed by atoms with Crippen molar-refractivity contribution < 1.29 is 23.5 Å². The van der Waals surface area contributed by atoms with Gasteiger partial charge < -0.3 is 5.11 Å². The van der Waals surface area contributed by atoms with Gasteiger partial charge in [0.1, 0.15) is 22.9 Å². The number of rotatable bonds is 5. The predicted octanol–water partition coefficient (Wildman–Crippen LogP) is 7.03. The third kappa shape index (κ3) is 6.16. The second-order valence-electron chi connectivity index (χ2n) is 13.0. The molecule has 0 radical (unpaired) electrons. The topological polar surface area (TPSA) is 126 Å². The Hall–Kier alpha value is -6.66. The van der Waals surface area contributed by atoms with Gasteiger partial charge in [-0.25, -0.2) is 18.7 Å². The van der Waals surface area contributed by atoms with Gasteiger partial charge in [0, 0.05) is 11.4 Å². The summed E-state index contributed by atoms with van der Waals surface area (Å²) in [6.45, 7) is 6.77. The molecule has 0 saturated carbocycles. The molecule has 54 heavy (non-hydrogen) atoms. The van der Waals surface area contributed by atoms with Crippen molar-refractivity contribution in [3.8, 4) is 22.3 Å². The summed E-state index contributed by atoms with van der Waals surface area (Å²) in [5.74, 6) is -1.84. The summed E-state index contributed by atoms with van der Waals surface area (Å²) in [6, 6.07) is 27.7. The zero-order chi connectivity index (χ0) is 38.4. The highest BCUT2D eigenvalue weighted by atomic mass is 19.1. The third-order valence-electron chi connectivity index (χ3n) is 9.38. The average molecular weight is 726 g/mol. The minimum Gasteiger partial charge on any atom is -0.387 e. The van der Waals surface area contributed by atoms with Gasteiger partial charge in [-0.1, -0.05) is 48.5 Å². The molecule has 5 heterocycles. The van der Waals surface area contributed by atoms with E-state index in [1.807, 2.05) is 0 Å². The first-order valence-corrected chi connectivity index (χ1v) is 17.1. The van der Waals surface area contributed by atoms with Crippen LogP contribution in [-0.4, -0.2) is 40.6 Å². The predicted molar refractivity (Wildman–Crippen MR) is 199 cm³/mol. The maximum atomic E-state index is 14.1. The van der Waals surface area contributed by atoms with Crippen LogP contribution in [0.2, 0.25) is 0 Å².